The van der Waals surface area contributed by atoms with Gasteiger partial charge in [0.1, 0.15) is 5.75 Å². The highest BCUT2D eigenvalue weighted by Gasteiger charge is 2.42. The van der Waals surface area contributed by atoms with E-state index in [4.69, 9.17) is 14.2 Å². The number of carbonyl (C=O) groups is 2. The van der Waals surface area contributed by atoms with Gasteiger partial charge in [-0.05, 0) is 72.5 Å². The number of alkyl halides is 3. The van der Waals surface area contributed by atoms with Crippen LogP contribution < -0.4 is 4.74 Å². The number of esters is 1. The van der Waals surface area contributed by atoms with Crippen molar-refractivity contribution in [3.05, 3.63) is 114 Å². The van der Waals surface area contributed by atoms with Gasteiger partial charge < -0.3 is 19.1 Å². The lowest BCUT2D eigenvalue weighted by atomic mass is 10.0. The monoisotopic (exact) mass is 655 g/mol. The van der Waals surface area contributed by atoms with E-state index in [0.29, 0.717) is 27.8 Å². The van der Waals surface area contributed by atoms with Crippen LogP contribution in [0.5, 0.6) is 5.75 Å². The second-order valence-corrected chi connectivity index (χ2v) is 12.1. The minimum atomic E-state index is -5.03. The van der Waals surface area contributed by atoms with Crippen molar-refractivity contribution in [3.63, 3.8) is 0 Å². The summed E-state index contributed by atoms with van der Waals surface area (Å²) >= 11 is 0. The average Bonchev–Trinajstić information content (AvgIpc) is 3.05. The molecule has 4 aromatic rings. The van der Waals surface area contributed by atoms with Crippen LogP contribution in [0.3, 0.4) is 0 Å². The van der Waals surface area contributed by atoms with Gasteiger partial charge in [0.25, 0.3) is 0 Å². The van der Waals surface area contributed by atoms with Crippen LogP contribution in [0.25, 0.3) is 11.1 Å². The van der Waals surface area contributed by atoms with Crippen molar-refractivity contribution in [1.29, 1.82) is 0 Å². The van der Waals surface area contributed by atoms with Gasteiger partial charge in [0.05, 0.1) is 22.0 Å². The molecule has 0 atom stereocenters. The Balaban J connectivity index is 1.56. The Bertz CT molecular complexity index is 1760. The molecule has 0 radical (unpaired) electrons. The fourth-order valence-electron chi connectivity index (χ4n) is 4.65. The molecule has 0 fully saturated rings. The van der Waals surface area contributed by atoms with E-state index in [1.807, 2.05) is 0 Å². The van der Waals surface area contributed by atoms with Crippen LogP contribution in [-0.4, -0.2) is 58.4 Å². The number of halogens is 3. The molecule has 0 saturated carbocycles. The van der Waals surface area contributed by atoms with Crippen molar-refractivity contribution in [1.82, 2.24) is 4.90 Å². The van der Waals surface area contributed by atoms with Crippen molar-refractivity contribution in [2.75, 3.05) is 27.1 Å². The second kappa shape index (κ2) is 15.1. The third-order valence-electron chi connectivity index (χ3n) is 6.93. The van der Waals surface area contributed by atoms with Crippen molar-refractivity contribution in [3.8, 4) is 16.9 Å². The van der Waals surface area contributed by atoms with Crippen molar-refractivity contribution < 1.29 is 45.4 Å². The number of benzene rings is 4. The molecule has 0 heterocycles. The molecule has 1 amide bonds. The fraction of sp³-hybridized carbons (Fsp3) is 0.235. The molecule has 0 N–H and O–H groups in total. The van der Waals surface area contributed by atoms with Crippen LogP contribution in [0.4, 0.5) is 13.2 Å². The smallest absolute Gasteiger partial charge is 0.467 e. The van der Waals surface area contributed by atoms with Gasteiger partial charge in [0.15, 0.2) is 6.79 Å². The Morgan fingerprint density at radius 2 is 1.52 bits per heavy atom. The zero-order valence-electron chi connectivity index (χ0n) is 25.1. The van der Waals surface area contributed by atoms with E-state index >= 15 is 0 Å². The predicted octanol–water partition coefficient (Wildman–Crippen LogP) is 6.48. The maximum Gasteiger partial charge on any atom is 0.471 e. The number of amides is 1. The van der Waals surface area contributed by atoms with Gasteiger partial charge in [-0.25, -0.2) is 13.2 Å². The first kappa shape index (κ1) is 34.2. The van der Waals surface area contributed by atoms with Gasteiger partial charge in [-0.2, -0.15) is 13.2 Å². The molecule has 4 aromatic carbocycles. The maximum atomic E-state index is 13.6. The summed E-state index contributed by atoms with van der Waals surface area (Å²) in [4.78, 5) is 25.0. The Kier molecular flexibility index (Phi) is 11.2. The van der Waals surface area contributed by atoms with Crippen molar-refractivity contribution in [2.45, 2.75) is 35.9 Å². The first-order valence-corrected chi connectivity index (χ1v) is 15.7. The van der Waals surface area contributed by atoms with E-state index in [2.05, 4.69) is 0 Å². The summed E-state index contributed by atoms with van der Waals surface area (Å²) in [6, 6.07) is 25.1. The number of hydrogen-bond donors (Lipinski definition) is 0. The molecule has 8 nitrogen and oxygen atoms in total. The molecule has 0 aliphatic heterocycles. The highest BCUT2D eigenvalue weighted by Crippen LogP contribution is 2.35. The summed E-state index contributed by atoms with van der Waals surface area (Å²) in [7, 11) is -2.62. The Hall–Kier alpha value is -4.68. The molecule has 0 aliphatic carbocycles. The Morgan fingerprint density at radius 1 is 0.826 bits per heavy atom. The van der Waals surface area contributed by atoms with Gasteiger partial charge in [0, 0.05) is 25.8 Å². The molecule has 0 saturated heterocycles. The van der Waals surface area contributed by atoms with Crippen LogP contribution in [0.15, 0.2) is 107 Å². The third-order valence-corrected chi connectivity index (χ3v) is 8.70. The molecule has 4 rings (SSSR count). The van der Waals surface area contributed by atoms with Crippen LogP contribution in [0.1, 0.15) is 28.4 Å². The third kappa shape index (κ3) is 8.52. The van der Waals surface area contributed by atoms with Crippen LogP contribution in [-0.2, 0) is 37.1 Å². The summed E-state index contributed by atoms with van der Waals surface area (Å²) in [5.41, 5.74) is 2.53. The van der Waals surface area contributed by atoms with Gasteiger partial charge >= 0.3 is 18.1 Å². The molecule has 0 unspecified atom stereocenters. The molecule has 46 heavy (non-hydrogen) atoms. The molecular weight excluding hydrogens is 623 g/mol. The number of rotatable bonds is 13. The van der Waals surface area contributed by atoms with E-state index in [9.17, 15) is 31.2 Å². The first-order valence-electron chi connectivity index (χ1n) is 14.2. The lowest BCUT2D eigenvalue weighted by Gasteiger charge is -2.24. The van der Waals surface area contributed by atoms with Crippen LogP contribution in [0, 0.1) is 0 Å². The summed E-state index contributed by atoms with van der Waals surface area (Å²) in [5.74, 6) is -2.24. The highest BCUT2D eigenvalue weighted by molar-refractivity contribution is 7.91. The topological polar surface area (TPSA) is 99.2 Å². The lowest BCUT2D eigenvalue weighted by Crippen LogP contribution is -2.41. The first-order chi connectivity index (χ1) is 21.9. The maximum absolute atomic E-state index is 13.6. The molecule has 242 valence electrons. The number of ether oxygens (including phenoxy) is 3. The normalized spacial score (nSPS) is 11.6. The molecule has 0 spiro atoms. The van der Waals surface area contributed by atoms with E-state index in [1.54, 1.807) is 67.6 Å². The summed E-state index contributed by atoms with van der Waals surface area (Å²) in [6.07, 6.45) is -4.96. The zero-order chi connectivity index (χ0) is 33.3. The Labute approximate surface area is 265 Å². The largest absolute Gasteiger partial charge is 0.471 e. The standard InChI is InChI=1S/C34H32F3NO7S/c1-3-44-32(39)27-11-7-10-26(20-27)30-17-16-29(21-31(30)45-23-43-2)46(41,42)28-14-12-24(13-15-28)18-19-38(33(40)34(35,36)37)22-25-8-5-4-6-9-25/h4-17,20-21H,3,18-19,22-23H2,1-2H3. The molecule has 0 aliphatic rings. The number of sulfone groups is 1. The van der Waals surface area contributed by atoms with Crippen molar-refractivity contribution >= 4 is 21.7 Å². The van der Waals surface area contributed by atoms with E-state index < -0.39 is 27.9 Å². The SMILES string of the molecule is CCOC(=O)c1cccc(-c2ccc(S(=O)(=O)c3ccc(CCN(Cc4ccccc4)C(=O)C(F)(F)F)cc3)cc2OCOC)c1. The van der Waals surface area contributed by atoms with Crippen LogP contribution >= 0.6 is 0 Å². The number of hydrogen-bond acceptors (Lipinski definition) is 7. The van der Waals surface area contributed by atoms with Crippen LogP contribution in [0.2, 0.25) is 0 Å². The minimum Gasteiger partial charge on any atom is -0.467 e. The lowest BCUT2D eigenvalue weighted by molar-refractivity contribution is -0.186. The number of methoxy groups -OCH3 is 1. The number of nitrogens with zero attached hydrogens (tertiary/aromatic N) is 1. The fourth-order valence-corrected chi connectivity index (χ4v) is 5.93. The summed E-state index contributed by atoms with van der Waals surface area (Å²) in [5, 5.41) is 0. The summed E-state index contributed by atoms with van der Waals surface area (Å²) < 4.78 is 82.8. The molecular formula is C34H32F3NO7S. The zero-order valence-corrected chi connectivity index (χ0v) is 25.9. The van der Waals surface area contributed by atoms with Gasteiger partial charge in [-0.15, -0.1) is 0 Å². The minimum absolute atomic E-state index is 0.0430. The van der Waals surface area contributed by atoms with Gasteiger partial charge in [-0.1, -0.05) is 54.6 Å². The van der Waals surface area contributed by atoms with E-state index in [1.165, 1.54) is 43.5 Å². The quantitative estimate of drug-likeness (QED) is 0.120. The molecule has 0 aromatic heterocycles. The van der Waals surface area contributed by atoms with E-state index in [-0.39, 0.29) is 48.5 Å². The van der Waals surface area contributed by atoms with Gasteiger partial charge in [-0.3, -0.25) is 4.79 Å². The average molecular weight is 656 g/mol. The second-order valence-electron chi connectivity index (χ2n) is 10.1. The number of carbonyl (C=O) groups excluding carboxylic acids is 2. The predicted molar refractivity (Wildman–Crippen MR) is 164 cm³/mol. The van der Waals surface area contributed by atoms with E-state index in [0.717, 1.165) is 4.90 Å². The molecule has 12 heteroatoms. The van der Waals surface area contributed by atoms with Gasteiger partial charge in [0.2, 0.25) is 9.84 Å². The summed E-state index contributed by atoms with van der Waals surface area (Å²) in [6.45, 7) is 1.30. The highest BCUT2D eigenvalue weighted by atomic mass is 32.2. The molecule has 0 bridgehead atoms. The van der Waals surface area contributed by atoms with Crippen molar-refractivity contribution in [2.24, 2.45) is 0 Å². The Morgan fingerprint density at radius 3 is 2.17 bits per heavy atom.